The first kappa shape index (κ1) is 16.8. The van der Waals surface area contributed by atoms with Gasteiger partial charge in [0, 0.05) is 13.5 Å². The van der Waals surface area contributed by atoms with E-state index >= 15 is 0 Å². The van der Waals surface area contributed by atoms with Gasteiger partial charge in [0.1, 0.15) is 32.2 Å². The van der Waals surface area contributed by atoms with Crippen LogP contribution < -0.4 is 9.80 Å². The topological polar surface area (TPSA) is 61.7 Å². The number of nitrogens with zero attached hydrogens (tertiary/aromatic N) is 4. The van der Waals surface area contributed by atoms with E-state index in [0.717, 1.165) is 24.8 Å². The van der Waals surface area contributed by atoms with Gasteiger partial charge in [-0.25, -0.2) is 4.68 Å². The summed E-state index contributed by atoms with van der Waals surface area (Å²) in [6, 6.07) is 1.34. The van der Waals surface area contributed by atoms with E-state index in [9.17, 15) is 0 Å². The number of hydrogen-bond acceptors (Lipinski definition) is 4. The van der Waals surface area contributed by atoms with E-state index in [0.29, 0.717) is 12.6 Å². The molecule has 1 saturated heterocycles. The maximum Gasteiger partial charge on any atom is 0.209 e. The van der Waals surface area contributed by atoms with Gasteiger partial charge < -0.3 is 14.5 Å². The minimum Gasteiger partial charge on any atom is -0.383 e. The molecule has 2 fully saturated rings. The average molecular weight is 324 g/mol. The summed E-state index contributed by atoms with van der Waals surface area (Å²) in [5, 5.41) is 12.4. The molecule has 7 nitrogen and oxygen atoms in total. The normalized spacial score (nSPS) is 27.4. The minimum atomic E-state index is 0.409. The van der Waals surface area contributed by atoms with Gasteiger partial charge in [0.25, 0.3) is 0 Å². The molecule has 2 heterocycles. The molecule has 2 aliphatic rings. The number of ether oxygens (including phenoxy) is 1. The molecular weight excluding hydrogens is 292 g/mol. The van der Waals surface area contributed by atoms with E-state index in [-0.39, 0.29) is 0 Å². The van der Waals surface area contributed by atoms with Gasteiger partial charge in [-0.2, -0.15) is 0 Å². The van der Waals surface area contributed by atoms with E-state index < -0.39 is 0 Å². The minimum absolute atomic E-state index is 0.409. The summed E-state index contributed by atoms with van der Waals surface area (Å²) < 4.78 is 7.10. The van der Waals surface area contributed by atoms with Crippen molar-refractivity contribution < 1.29 is 14.5 Å². The molecule has 0 bridgehead atoms. The Morgan fingerprint density at radius 3 is 2.61 bits per heavy atom. The molecule has 3 rings (SSSR count). The van der Waals surface area contributed by atoms with Crippen molar-refractivity contribution in [2.24, 2.45) is 0 Å². The molecule has 2 N–H and O–H groups in total. The van der Waals surface area contributed by atoms with Crippen molar-refractivity contribution in [3.8, 4) is 0 Å². The number of tetrazole rings is 1. The highest BCUT2D eigenvalue weighted by molar-refractivity contribution is 4.87. The highest BCUT2D eigenvalue weighted by Crippen LogP contribution is 2.15. The van der Waals surface area contributed by atoms with Crippen LogP contribution in [0.3, 0.4) is 0 Å². The van der Waals surface area contributed by atoms with E-state index in [1.807, 2.05) is 9.58 Å². The number of aromatic nitrogens is 4. The van der Waals surface area contributed by atoms with Crippen molar-refractivity contribution in [3.05, 3.63) is 5.82 Å². The lowest BCUT2D eigenvalue weighted by molar-refractivity contribution is -1.04. The Labute approximate surface area is 139 Å². The van der Waals surface area contributed by atoms with E-state index in [1.165, 1.54) is 51.9 Å². The van der Waals surface area contributed by atoms with Crippen LogP contribution in [0.2, 0.25) is 0 Å². The largest absolute Gasteiger partial charge is 0.383 e. The van der Waals surface area contributed by atoms with Gasteiger partial charge >= 0.3 is 0 Å². The fourth-order valence-electron chi connectivity index (χ4n) is 4.43. The van der Waals surface area contributed by atoms with Gasteiger partial charge in [-0.1, -0.05) is 6.92 Å². The highest BCUT2D eigenvalue weighted by Gasteiger charge is 2.36. The van der Waals surface area contributed by atoms with Crippen LogP contribution in [0.25, 0.3) is 0 Å². The van der Waals surface area contributed by atoms with Crippen molar-refractivity contribution in [2.45, 2.75) is 57.7 Å². The number of hydrogen-bond donors (Lipinski definition) is 2. The number of methoxy groups -OCH3 is 1. The second kappa shape index (κ2) is 8.17. The molecule has 0 radical (unpaired) electrons. The highest BCUT2D eigenvalue weighted by atomic mass is 16.5. The Bertz CT molecular complexity index is 465. The summed E-state index contributed by atoms with van der Waals surface area (Å²) in [6.45, 7) is 8.73. The van der Waals surface area contributed by atoms with Crippen molar-refractivity contribution in [3.63, 3.8) is 0 Å². The first-order chi connectivity index (χ1) is 11.3. The van der Waals surface area contributed by atoms with Crippen LogP contribution in [0, 0.1) is 0 Å². The van der Waals surface area contributed by atoms with Crippen LogP contribution in [0.1, 0.15) is 50.9 Å². The molecule has 23 heavy (non-hydrogen) atoms. The molecule has 0 aromatic carbocycles. The molecule has 0 amide bonds. The Hall–Kier alpha value is -1.05. The first-order valence-corrected chi connectivity index (χ1v) is 9.27. The summed E-state index contributed by atoms with van der Waals surface area (Å²) >= 11 is 0. The van der Waals surface area contributed by atoms with Gasteiger partial charge in [-0.15, -0.1) is 5.10 Å². The van der Waals surface area contributed by atoms with Crippen LogP contribution in [0.15, 0.2) is 0 Å². The number of rotatable bonds is 7. The van der Waals surface area contributed by atoms with Crippen LogP contribution in [-0.2, 0) is 11.3 Å². The van der Waals surface area contributed by atoms with Crippen LogP contribution in [0.5, 0.6) is 0 Å². The summed E-state index contributed by atoms with van der Waals surface area (Å²) in [4.78, 5) is 3.50. The van der Waals surface area contributed by atoms with Gasteiger partial charge in [-0.05, 0) is 36.1 Å². The number of piperazine rings is 1. The summed E-state index contributed by atoms with van der Waals surface area (Å²) in [6.07, 6.45) is 6.85. The lowest BCUT2D eigenvalue weighted by Gasteiger charge is -2.36. The zero-order chi connectivity index (χ0) is 16.1. The second-order valence-electron chi connectivity index (χ2n) is 7.01. The van der Waals surface area contributed by atoms with E-state index in [1.54, 1.807) is 12.0 Å². The second-order valence-corrected chi connectivity index (χ2v) is 7.01. The standard InChI is InChI=1S/C16H30N6O/c1-3-15(16-17-18-19-22(16)12-13-23-2)21-10-8-20(9-11-21)14-6-4-5-7-14/h14-15H,3-13H2,1-2H3/p+2/t15-/m1/s1. The monoisotopic (exact) mass is 324 g/mol. The van der Waals surface area contributed by atoms with Crippen LogP contribution in [0.4, 0.5) is 0 Å². The zero-order valence-corrected chi connectivity index (χ0v) is 14.6. The number of quaternary nitrogens is 2. The summed E-state index contributed by atoms with van der Waals surface area (Å²) in [5.41, 5.74) is 0. The molecule has 7 heteroatoms. The Kier molecular flexibility index (Phi) is 5.96. The third-order valence-corrected chi connectivity index (χ3v) is 5.75. The SMILES string of the molecule is CC[C@H](c1nnnn1CCOC)[NH+]1CC[NH+](C2CCCC2)CC1. The quantitative estimate of drug-likeness (QED) is 0.641. The maximum absolute atomic E-state index is 5.17. The van der Waals surface area contributed by atoms with Crippen molar-refractivity contribution in [2.75, 3.05) is 39.9 Å². The lowest BCUT2D eigenvalue weighted by Crippen LogP contribution is -3.29. The van der Waals surface area contributed by atoms with E-state index in [4.69, 9.17) is 4.74 Å². The molecule has 0 unspecified atom stereocenters. The third kappa shape index (κ3) is 3.89. The average Bonchev–Trinajstić information content (AvgIpc) is 3.26. The summed E-state index contributed by atoms with van der Waals surface area (Å²) in [5.74, 6) is 1.03. The molecule has 0 spiro atoms. The molecule has 130 valence electrons. The first-order valence-electron chi connectivity index (χ1n) is 9.27. The van der Waals surface area contributed by atoms with E-state index in [2.05, 4.69) is 22.4 Å². The molecule has 1 aliphatic heterocycles. The summed E-state index contributed by atoms with van der Waals surface area (Å²) in [7, 11) is 1.72. The fraction of sp³-hybridized carbons (Fsp3) is 0.938. The fourth-order valence-corrected chi connectivity index (χ4v) is 4.43. The predicted molar refractivity (Wildman–Crippen MR) is 86.4 cm³/mol. The van der Waals surface area contributed by atoms with Crippen molar-refractivity contribution >= 4 is 0 Å². The zero-order valence-electron chi connectivity index (χ0n) is 14.6. The predicted octanol–water partition coefficient (Wildman–Crippen LogP) is -1.50. The Balaban J connectivity index is 1.60. The number of nitrogens with one attached hydrogen (secondary N) is 2. The molecule has 1 aromatic rings. The van der Waals surface area contributed by atoms with Crippen molar-refractivity contribution in [1.82, 2.24) is 20.2 Å². The van der Waals surface area contributed by atoms with Gasteiger partial charge in [0.15, 0.2) is 0 Å². The molecular formula is C16H32N6O+2. The van der Waals surface area contributed by atoms with Crippen LogP contribution in [-0.4, -0.2) is 66.1 Å². The third-order valence-electron chi connectivity index (χ3n) is 5.75. The molecule has 1 aliphatic carbocycles. The van der Waals surface area contributed by atoms with Crippen LogP contribution >= 0.6 is 0 Å². The Morgan fingerprint density at radius 2 is 1.96 bits per heavy atom. The maximum atomic E-state index is 5.17. The molecule has 1 aromatic heterocycles. The van der Waals surface area contributed by atoms with Gasteiger partial charge in [0.2, 0.25) is 5.82 Å². The van der Waals surface area contributed by atoms with Gasteiger partial charge in [-0.3, -0.25) is 0 Å². The smallest absolute Gasteiger partial charge is 0.209 e. The van der Waals surface area contributed by atoms with Crippen molar-refractivity contribution in [1.29, 1.82) is 0 Å². The lowest BCUT2D eigenvalue weighted by atomic mass is 10.1. The Morgan fingerprint density at radius 1 is 1.22 bits per heavy atom. The van der Waals surface area contributed by atoms with Gasteiger partial charge in [0.05, 0.1) is 19.2 Å². The molecule has 1 saturated carbocycles. The molecule has 1 atom stereocenters.